The Bertz CT molecular complexity index is 1550. The molecular formula is C34H41N3O6. The Morgan fingerprint density at radius 3 is 2.42 bits per heavy atom. The first-order chi connectivity index (χ1) is 20.5. The van der Waals surface area contributed by atoms with Crippen molar-refractivity contribution in [1.29, 1.82) is 0 Å². The number of hydrogen-bond donors (Lipinski definition) is 2. The van der Waals surface area contributed by atoms with Crippen LogP contribution in [0.25, 0.3) is 11.3 Å². The molecule has 0 bridgehead atoms. The lowest BCUT2D eigenvalue weighted by atomic mass is 9.58. The third-order valence-corrected chi connectivity index (χ3v) is 9.62. The van der Waals surface area contributed by atoms with Crippen LogP contribution in [0.1, 0.15) is 75.6 Å². The van der Waals surface area contributed by atoms with Gasteiger partial charge in [-0.25, -0.2) is 0 Å². The zero-order chi connectivity index (χ0) is 31.2. The van der Waals surface area contributed by atoms with Gasteiger partial charge in [-0.15, -0.1) is 0 Å². The van der Waals surface area contributed by atoms with E-state index in [1.807, 2.05) is 49.9 Å². The summed E-state index contributed by atoms with van der Waals surface area (Å²) in [5.74, 6) is 1.76. The normalized spacial score (nSPS) is 22.1. The van der Waals surface area contributed by atoms with Crippen LogP contribution >= 0.6 is 0 Å². The SMILES string of the molecule is CCN1C(=O)C2=C(OC3=C(C(=O)CC4(CCC4)C3)[C@@H]2c2c(OC)ccc(-c3ccc(N)c(C)n3)c2C)[C@H]1C(C)C.O=CO. The van der Waals surface area contributed by atoms with Crippen LogP contribution in [0.15, 0.2) is 46.9 Å². The first kappa shape index (κ1) is 30.3. The number of benzene rings is 1. The average molecular weight is 588 g/mol. The van der Waals surface area contributed by atoms with Crippen molar-refractivity contribution in [2.75, 3.05) is 19.4 Å². The summed E-state index contributed by atoms with van der Waals surface area (Å²) in [6.45, 7) is 10.5. The molecule has 1 aromatic heterocycles. The van der Waals surface area contributed by atoms with Crippen molar-refractivity contribution in [2.24, 2.45) is 11.3 Å². The van der Waals surface area contributed by atoms with Crippen LogP contribution in [0.4, 0.5) is 5.69 Å². The van der Waals surface area contributed by atoms with Gasteiger partial charge < -0.3 is 25.2 Å². The number of rotatable bonds is 5. The van der Waals surface area contributed by atoms with Crippen molar-refractivity contribution in [1.82, 2.24) is 9.88 Å². The number of nitrogens with zero attached hydrogens (tertiary/aromatic N) is 2. The molecule has 2 aliphatic heterocycles. The lowest BCUT2D eigenvalue weighted by Crippen LogP contribution is -2.40. The van der Waals surface area contributed by atoms with Gasteiger partial charge in [0.15, 0.2) is 5.78 Å². The number of hydrogen-bond acceptors (Lipinski definition) is 7. The molecule has 0 radical (unpaired) electrons. The number of carbonyl (C=O) groups excluding carboxylic acids is 2. The van der Waals surface area contributed by atoms with E-state index < -0.39 is 5.92 Å². The highest BCUT2D eigenvalue weighted by Gasteiger charge is 2.55. The van der Waals surface area contributed by atoms with Crippen molar-refractivity contribution < 1.29 is 29.0 Å². The third-order valence-electron chi connectivity index (χ3n) is 9.62. The molecule has 4 aliphatic rings. The van der Waals surface area contributed by atoms with Gasteiger partial charge in [0.25, 0.3) is 12.4 Å². The molecule has 228 valence electrons. The Kier molecular flexibility index (Phi) is 8.11. The summed E-state index contributed by atoms with van der Waals surface area (Å²) in [5, 5.41) is 6.89. The molecule has 6 rings (SSSR count). The van der Waals surface area contributed by atoms with E-state index in [-0.39, 0.29) is 35.5 Å². The van der Waals surface area contributed by atoms with Crippen molar-refractivity contribution in [3.05, 3.63) is 63.8 Å². The van der Waals surface area contributed by atoms with E-state index in [9.17, 15) is 9.59 Å². The van der Waals surface area contributed by atoms with Crippen LogP contribution in [0.3, 0.4) is 0 Å². The third kappa shape index (κ3) is 4.88. The number of ketones is 1. The number of amides is 1. The van der Waals surface area contributed by atoms with Crippen LogP contribution in [0.5, 0.6) is 5.75 Å². The molecule has 3 N–H and O–H groups in total. The fourth-order valence-corrected chi connectivity index (χ4v) is 7.41. The van der Waals surface area contributed by atoms with Gasteiger partial charge in [0.2, 0.25) is 0 Å². The van der Waals surface area contributed by atoms with E-state index >= 15 is 0 Å². The van der Waals surface area contributed by atoms with E-state index in [0.717, 1.165) is 59.5 Å². The number of carbonyl (C=O) groups is 3. The van der Waals surface area contributed by atoms with Gasteiger partial charge in [0, 0.05) is 36.1 Å². The van der Waals surface area contributed by atoms with Gasteiger partial charge in [0.05, 0.1) is 41.7 Å². The van der Waals surface area contributed by atoms with E-state index in [4.69, 9.17) is 30.1 Å². The minimum atomic E-state index is -0.557. The summed E-state index contributed by atoms with van der Waals surface area (Å²) >= 11 is 0. The summed E-state index contributed by atoms with van der Waals surface area (Å²) < 4.78 is 12.7. The fourth-order valence-electron chi connectivity index (χ4n) is 7.41. The Balaban J connectivity index is 0.00000118. The van der Waals surface area contributed by atoms with E-state index in [2.05, 4.69) is 13.8 Å². The number of ether oxygens (including phenoxy) is 2. The number of Topliss-reactive ketones (excluding diaryl/α,β-unsaturated/α-hetero) is 1. The van der Waals surface area contributed by atoms with Crippen LogP contribution in [-0.4, -0.2) is 52.8 Å². The highest BCUT2D eigenvalue weighted by atomic mass is 16.5. The average Bonchev–Trinajstić information content (AvgIpc) is 3.24. The summed E-state index contributed by atoms with van der Waals surface area (Å²) in [7, 11) is 1.64. The second-order valence-corrected chi connectivity index (χ2v) is 12.4. The van der Waals surface area contributed by atoms with E-state index in [1.165, 1.54) is 0 Å². The maximum absolute atomic E-state index is 14.2. The van der Waals surface area contributed by atoms with Crippen molar-refractivity contribution in [3.63, 3.8) is 0 Å². The number of nitrogens with two attached hydrogens (primary N) is 1. The highest BCUT2D eigenvalue weighted by Crippen LogP contribution is 2.59. The van der Waals surface area contributed by atoms with Gasteiger partial charge >= 0.3 is 0 Å². The largest absolute Gasteiger partial charge is 0.496 e. The van der Waals surface area contributed by atoms with Gasteiger partial charge in [0.1, 0.15) is 17.3 Å². The second-order valence-electron chi connectivity index (χ2n) is 12.4. The summed E-state index contributed by atoms with van der Waals surface area (Å²) in [4.78, 5) is 43.3. The Labute approximate surface area is 252 Å². The van der Waals surface area contributed by atoms with Gasteiger partial charge in [-0.1, -0.05) is 20.3 Å². The quantitative estimate of drug-likeness (QED) is 0.426. The van der Waals surface area contributed by atoms with Gasteiger partial charge in [-0.3, -0.25) is 19.4 Å². The molecular weight excluding hydrogens is 546 g/mol. The molecule has 1 saturated carbocycles. The number of carboxylic acid groups (broad SMARTS) is 1. The summed E-state index contributed by atoms with van der Waals surface area (Å²) in [6, 6.07) is 7.54. The molecule has 1 amide bonds. The van der Waals surface area contributed by atoms with Gasteiger partial charge in [-0.05, 0) is 74.8 Å². The zero-order valence-electron chi connectivity index (χ0n) is 25.8. The van der Waals surface area contributed by atoms with Gasteiger partial charge in [-0.2, -0.15) is 0 Å². The molecule has 2 aromatic rings. The molecule has 9 heteroatoms. The summed E-state index contributed by atoms with van der Waals surface area (Å²) in [5.41, 5.74) is 12.2. The smallest absolute Gasteiger partial charge is 0.290 e. The standard InChI is InChI=1S/C33H39N3O4.CH2O2/c1-7-36-30(17(2)3)31-29(32(36)38)28(27-23(37)15-33(13-8-14-33)16-25(27)40-31)26-18(4)20(9-12-24(26)39-6)22-11-10-21(34)19(5)35-22;2-1-3/h9-12,17,28,30H,7-8,13-16,34H2,1-6H3;1H,(H,2,3)/t28-,30+;/m0./s1. The highest BCUT2D eigenvalue weighted by molar-refractivity contribution is 6.07. The predicted octanol–water partition coefficient (Wildman–Crippen LogP) is 5.70. The first-order valence-electron chi connectivity index (χ1n) is 15.0. The number of allylic oxidation sites excluding steroid dienone is 2. The fraction of sp³-hybridized carbons (Fsp3) is 0.471. The molecule has 0 saturated heterocycles. The van der Waals surface area contributed by atoms with Crippen molar-refractivity contribution in [3.8, 4) is 17.0 Å². The van der Waals surface area contributed by atoms with Crippen LogP contribution in [0, 0.1) is 25.2 Å². The van der Waals surface area contributed by atoms with Crippen LogP contribution in [-0.2, 0) is 19.1 Å². The minimum Gasteiger partial charge on any atom is -0.496 e. The number of aryl methyl sites for hydroxylation is 1. The summed E-state index contributed by atoms with van der Waals surface area (Å²) in [6.07, 6.45) is 4.48. The topological polar surface area (TPSA) is 132 Å². The van der Waals surface area contributed by atoms with E-state index in [0.29, 0.717) is 41.3 Å². The molecule has 2 atom stereocenters. The Morgan fingerprint density at radius 2 is 1.86 bits per heavy atom. The molecule has 0 unspecified atom stereocenters. The molecule has 2 aliphatic carbocycles. The Morgan fingerprint density at radius 1 is 1.16 bits per heavy atom. The molecule has 9 nitrogen and oxygen atoms in total. The molecule has 1 aromatic carbocycles. The Hall–Kier alpha value is -4.14. The molecule has 1 fully saturated rings. The lowest BCUT2D eigenvalue weighted by Gasteiger charge is -2.47. The minimum absolute atomic E-state index is 0.00862. The van der Waals surface area contributed by atoms with Crippen molar-refractivity contribution >= 4 is 23.9 Å². The number of likely N-dealkylation sites (N-methyl/N-ethyl adjacent to an activating group) is 1. The maximum atomic E-state index is 14.2. The molecule has 3 heterocycles. The number of pyridine rings is 1. The molecule has 43 heavy (non-hydrogen) atoms. The monoisotopic (exact) mass is 587 g/mol. The van der Waals surface area contributed by atoms with Crippen LogP contribution < -0.4 is 10.5 Å². The number of anilines is 1. The zero-order valence-corrected chi connectivity index (χ0v) is 25.8. The lowest BCUT2D eigenvalue weighted by molar-refractivity contribution is -0.127. The number of methoxy groups -OCH3 is 1. The predicted molar refractivity (Wildman–Crippen MR) is 163 cm³/mol. The van der Waals surface area contributed by atoms with Crippen molar-refractivity contribution in [2.45, 2.75) is 78.7 Å². The number of nitrogen functional groups attached to an aromatic ring is 1. The maximum Gasteiger partial charge on any atom is 0.290 e. The van der Waals surface area contributed by atoms with Crippen LogP contribution in [0.2, 0.25) is 0 Å². The number of aromatic nitrogens is 1. The first-order valence-corrected chi connectivity index (χ1v) is 15.0. The second kappa shape index (κ2) is 11.5. The molecule has 1 spiro atoms. The van der Waals surface area contributed by atoms with E-state index in [1.54, 1.807) is 7.11 Å².